The quantitative estimate of drug-likeness (QED) is 0.669. The molecule has 0 spiro atoms. The van der Waals surface area contributed by atoms with Crippen molar-refractivity contribution in [1.82, 2.24) is 24.8 Å². The molecule has 4 rings (SSSR count). The molecule has 3 aromatic heterocycles. The van der Waals surface area contributed by atoms with Gasteiger partial charge in [0.1, 0.15) is 6.04 Å². The number of nitrogens with one attached hydrogen (secondary N) is 1. The normalized spacial score (nSPS) is 16.9. The molecule has 0 unspecified atom stereocenters. The van der Waals surface area contributed by atoms with Crippen LogP contribution in [0.25, 0.3) is 11.0 Å². The molecular formula is C22H25N5O3. The Kier molecular flexibility index (Phi) is 5.50. The maximum atomic E-state index is 12.8. The van der Waals surface area contributed by atoms with Crippen LogP contribution in [-0.2, 0) is 11.3 Å². The van der Waals surface area contributed by atoms with E-state index >= 15 is 0 Å². The molecule has 0 saturated carbocycles. The number of fused-ring (bicyclic) bond motifs is 1. The number of aromatic nitrogens is 3. The molecule has 1 fully saturated rings. The average molecular weight is 407 g/mol. The minimum Gasteiger partial charge on any atom is -0.388 e. The molecule has 1 saturated heterocycles. The van der Waals surface area contributed by atoms with Crippen LogP contribution in [0.5, 0.6) is 0 Å². The lowest BCUT2D eigenvalue weighted by Crippen LogP contribution is -2.53. The van der Waals surface area contributed by atoms with E-state index in [4.69, 9.17) is 0 Å². The summed E-state index contributed by atoms with van der Waals surface area (Å²) in [5.41, 5.74) is 1.41. The van der Waals surface area contributed by atoms with Gasteiger partial charge in [0.25, 0.3) is 5.91 Å². The maximum absolute atomic E-state index is 12.8. The van der Waals surface area contributed by atoms with E-state index in [1.54, 1.807) is 36.4 Å². The minimum atomic E-state index is -0.888. The highest BCUT2D eigenvalue weighted by Gasteiger charge is 2.35. The second-order valence-electron chi connectivity index (χ2n) is 7.84. The van der Waals surface area contributed by atoms with Crippen LogP contribution in [0.2, 0.25) is 0 Å². The largest absolute Gasteiger partial charge is 0.388 e. The molecule has 4 heterocycles. The third-order valence-electron chi connectivity index (χ3n) is 5.65. The van der Waals surface area contributed by atoms with Gasteiger partial charge in [-0.2, -0.15) is 0 Å². The lowest BCUT2D eigenvalue weighted by molar-refractivity contribution is -0.137. The number of carbonyl (C=O) groups is 2. The third kappa shape index (κ3) is 4.18. The van der Waals surface area contributed by atoms with Gasteiger partial charge in [0.15, 0.2) is 0 Å². The van der Waals surface area contributed by atoms with Gasteiger partial charge < -0.3 is 19.9 Å². The van der Waals surface area contributed by atoms with Gasteiger partial charge in [0, 0.05) is 37.9 Å². The number of likely N-dealkylation sites (tertiary alicyclic amines) is 1. The minimum absolute atomic E-state index is 0.148. The SMILES string of the molecule is C[C@H](NC(=O)c1cccnc1)C(=O)N1CCC(O)(Cn2ccc3ncccc32)CC1. The first kappa shape index (κ1) is 20.0. The highest BCUT2D eigenvalue weighted by Crippen LogP contribution is 2.26. The van der Waals surface area contributed by atoms with E-state index in [-0.39, 0.29) is 11.8 Å². The average Bonchev–Trinajstić information content (AvgIpc) is 3.16. The van der Waals surface area contributed by atoms with Crippen LogP contribution in [0.3, 0.4) is 0 Å². The van der Waals surface area contributed by atoms with Gasteiger partial charge in [-0.1, -0.05) is 0 Å². The van der Waals surface area contributed by atoms with Crippen molar-refractivity contribution in [2.45, 2.75) is 38.0 Å². The van der Waals surface area contributed by atoms with E-state index in [2.05, 4.69) is 15.3 Å². The fourth-order valence-corrected chi connectivity index (χ4v) is 3.89. The summed E-state index contributed by atoms with van der Waals surface area (Å²) in [5, 5.41) is 13.8. The van der Waals surface area contributed by atoms with Crippen molar-refractivity contribution in [2.24, 2.45) is 0 Å². The van der Waals surface area contributed by atoms with Crippen LogP contribution < -0.4 is 5.32 Å². The van der Waals surface area contributed by atoms with Crippen LogP contribution in [0.4, 0.5) is 0 Å². The van der Waals surface area contributed by atoms with Gasteiger partial charge in [-0.05, 0) is 50.1 Å². The van der Waals surface area contributed by atoms with Crippen molar-refractivity contribution < 1.29 is 14.7 Å². The van der Waals surface area contributed by atoms with Crippen molar-refractivity contribution >= 4 is 22.8 Å². The van der Waals surface area contributed by atoms with E-state index in [0.29, 0.717) is 38.0 Å². The lowest BCUT2D eigenvalue weighted by Gasteiger charge is -2.39. The molecule has 1 aliphatic rings. The molecule has 8 heteroatoms. The Morgan fingerprint density at radius 1 is 1.20 bits per heavy atom. The Bertz CT molecular complexity index is 1040. The number of nitrogens with zero attached hydrogens (tertiary/aromatic N) is 4. The number of carbonyl (C=O) groups excluding carboxylic acids is 2. The van der Waals surface area contributed by atoms with Gasteiger partial charge >= 0.3 is 0 Å². The van der Waals surface area contributed by atoms with Crippen LogP contribution >= 0.6 is 0 Å². The zero-order chi connectivity index (χ0) is 21.1. The summed E-state index contributed by atoms with van der Waals surface area (Å²) in [6.07, 6.45) is 7.69. The second kappa shape index (κ2) is 8.23. The van der Waals surface area contributed by atoms with E-state index < -0.39 is 11.6 Å². The number of amides is 2. The smallest absolute Gasteiger partial charge is 0.253 e. The first-order chi connectivity index (χ1) is 14.5. The van der Waals surface area contributed by atoms with Crippen molar-refractivity contribution in [3.8, 4) is 0 Å². The van der Waals surface area contributed by atoms with Crippen LogP contribution in [0.1, 0.15) is 30.1 Å². The van der Waals surface area contributed by atoms with Gasteiger partial charge in [0.2, 0.25) is 5.91 Å². The molecule has 3 aromatic rings. The Labute approximate surface area is 174 Å². The van der Waals surface area contributed by atoms with Crippen LogP contribution in [0.15, 0.2) is 55.1 Å². The van der Waals surface area contributed by atoms with Crippen LogP contribution in [0, 0.1) is 0 Å². The molecule has 2 N–H and O–H groups in total. The summed E-state index contributed by atoms with van der Waals surface area (Å²) in [5.74, 6) is -0.476. The zero-order valence-corrected chi connectivity index (χ0v) is 16.9. The predicted molar refractivity (Wildman–Crippen MR) is 112 cm³/mol. The van der Waals surface area contributed by atoms with Crippen molar-refractivity contribution in [1.29, 1.82) is 0 Å². The molecule has 8 nitrogen and oxygen atoms in total. The fraction of sp³-hybridized carbons (Fsp3) is 0.364. The van der Waals surface area contributed by atoms with E-state index in [1.807, 2.05) is 29.0 Å². The standard InChI is InChI=1S/C22H25N5O3/c1-16(25-20(28)17-4-2-9-23-14-17)21(29)26-12-7-22(30,8-13-26)15-27-11-6-18-19(27)5-3-10-24-18/h2-6,9-11,14,16,30H,7-8,12-13,15H2,1H3,(H,25,28)/t16-/m0/s1. The predicted octanol–water partition coefficient (Wildman–Crippen LogP) is 1.60. The molecule has 2 amide bonds. The summed E-state index contributed by atoms with van der Waals surface area (Å²) in [4.78, 5) is 35.0. The molecule has 0 aromatic carbocycles. The highest BCUT2D eigenvalue weighted by atomic mass is 16.3. The second-order valence-corrected chi connectivity index (χ2v) is 7.84. The van der Waals surface area contributed by atoms with E-state index in [0.717, 1.165) is 11.0 Å². The Balaban J connectivity index is 1.34. The van der Waals surface area contributed by atoms with Gasteiger partial charge in [0.05, 0.1) is 28.7 Å². The van der Waals surface area contributed by atoms with E-state index in [9.17, 15) is 14.7 Å². The topological polar surface area (TPSA) is 100 Å². The van der Waals surface area contributed by atoms with Crippen molar-refractivity contribution in [3.63, 3.8) is 0 Å². The highest BCUT2D eigenvalue weighted by molar-refractivity contribution is 5.97. The number of rotatable bonds is 5. The molecule has 1 atom stereocenters. The molecule has 0 aliphatic carbocycles. The summed E-state index contributed by atoms with van der Waals surface area (Å²) < 4.78 is 2.01. The maximum Gasteiger partial charge on any atom is 0.253 e. The first-order valence-corrected chi connectivity index (χ1v) is 10.1. The van der Waals surface area contributed by atoms with Gasteiger partial charge in [-0.15, -0.1) is 0 Å². The Morgan fingerprint density at radius 3 is 2.70 bits per heavy atom. The Hall–Kier alpha value is -3.26. The third-order valence-corrected chi connectivity index (χ3v) is 5.65. The summed E-state index contributed by atoms with van der Waals surface area (Å²) >= 11 is 0. The monoisotopic (exact) mass is 407 g/mol. The molecule has 0 radical (unpaired) electrons. The van der Waals surface area contributed by atoms with Crippen molar-refractivity contribution in [2.75, 3.05) is 13.1 Å². The molecular weight excluding hydrogens is 382 g/mol. The molecule has 1 aliphatic heterocycles. The van der Waals surface area contributed by atoms with Gasteiger partial charge in [-0.25, -0.2) is 0 Å². The summed E-state index contributed by atoms with van der Waals surface area (Å²) in [6, 6.07) is 8.48. The van der Waals surface area contributed by atoms with Gasteiger partial charge in [-0.3, -0.25) is 19.6 Å². The van der Waals surface area contributed by atoms with Crippen LogP contribution in [-0.4, -0.2) is 61.1 Å². The number of hydrogen-bond acceptors (Lipinski definition) is 5. The number of pyridine rings is 2. The first-order valence-electron chi connectivity index (χ1n) is 10.1. The van der Waals surface area contributed by atoms with Crippen molar-refractivity contribution in [3.05, 3.63) is 60.7 Å². The number of piperidine rings is 1. The molecule has 0 bridgehead atoms. The molecule has 30 heavy (non-hydrogen) atoms. The summed E-state index contributed by atoms with van der Waals surface area (Å²) in [6.45, 7) is 3.02. The number of aliphatic hydroxyl groups is 1. The summed E-state index contributed by atoms with van der Waals surface area (Å²) in [7, 11) is 0. The fourth-order valence-electron chi connectivity index (χ4n) is 3.89. The lowest BCUT2D eigenvalue weighted by atomic mass is 9.91. The number of hydrogen-bond donors (Lipinski definition) is 2. The zero-order valence-electron chi connectivity index (χ0n) is 16.9. The Morgan fingerprint density at radius 2 is 1.97 bits per heavy atom. The van der Waals surface area contributed by atoms with E-state index in [1.165, 1.54) is 6.20 Å². The molecule has 156 valence electrons.